The van der Waals surface area contributed by atoms with Crippen molar-refractivity contribution in [2.24, 2.45) is 5.92 Å². The van der Waals surface area contributed by atoms with Gasteiger partial charge in [0.2, 0.25) is 5.91 Å². The van der Waals surface area contributed by atoms with Gasteiger partial charge in [0.05, 0.1) is 6.54 Å². The molecule has 1 aromatic rings. The van der Waals surface area contributed by atoms with Gasteiger partial charge in [0.1, 0.15) is 0 Å². The standard InChI is InChI=1S/C17H26N2O/c1-13-7-6-10-16(11-13)19-17(20)12-18-14(2)15-8-4-3-5-9-15/h6-7,10-11,14-15,18H,3-5,8-9,12H2,1-2H3,(H,19,20)/t14-/m1/s1. The lowest BCUT2D eigenvalue weighted by Crippen LogP contribution is -2.39. The molecule has 3 nitrogen and oxygen atoms in total. The Kier molecular flexibility index (Phi) is 5.60. The molecule has 0 spiro atoms. The fourth-order valence-corrected chi connectivity index (χ4v) is 2.98. The Morgan fingerprint density at radius 1 is 1.30 bits per heavy atom. The molecule has 1 atom stereocenters. The molecular formula is C17H26N2O. The van der Waals surface area contributed by atoms with Crippen LogP contribution in [0.2, 0.25) is 0 Å². The maximum Gasteiger partial charge on any atom is 0.238 e. The third kappa shape index (κ3) is 4.64. The second-order valence-electron chi connectivity index (χ2n) is 5.99. The van der Waals surface area contributed by atoms with Crippen LogP contribution in [0.4, 0.5) is 5.69 Å². The minimum absolute atomic E-state index is 0.0401. The normalized spacial score (nSPS) is 17.7. The van der Waals surface area contributed by atoms with Crippen LogP contribution < -0.4 is 10.6 Å². The van der Waals surface area contributed by atoms with Crippen molar-refractivity contribution in [1.29, 1.82) is 0 Å². The Morgan fingerprint density at radius 2 is 2.05 bits per heavy atom. The summed E-state index contributed by atoms with van der Waals surface area (Å²) in [4.78, 5) is 11.9. The first kappa shape index (κ1) is 15.0. The van der Waals surface area contributed by atoms with Crippen LogP contribution in [-0.4, -0.2) is 18.5 Å². The highest BCUT2D eigenvalue weighted by Gasteiger charge is 2.20. The zero-order chi connectivity index (χ0) is 14.4. The van der Waals surface area contributed by atoms with Gasteiger partial charge in [0.15, 0.2) is 0 Å². The fraction of sp³-hybridized carbons (Fsp3) is 0.588. The smallest absolute Gasteiger partial charge is 0.238 e. The number of carbonyl (C=O) groups excluding carboxylic acids is 1. The maximum absolute atomic E-state index is 11.9. The molecule has 3 heteroatoms. The molecule has 0 unspecified atom stereocenters. The van der Waals surface area contributed by atoms with E-state index in [1.54, 1.807) is 0 Å². The first-order valence-electron chi connectivity index (χ1n) is 7.75. The van der Waals surface area contributed by atoms with Crippen LogP contribution in [0.3, 0.4) is 0 Å². The van der Waals surface area contributed by atoms with Gasteiger partial charge in [-0.25, -0.2) is 0 Å². The number of nitrogens with one attached hydrogen (secondary N) is 2. The Labute approximate surface area is 122 Å². The van der Waals surface area contributed by atoms with Crippen molar-refractivity contribution in [3.05, 3.63) is 29.8 Å². The highest BCUT2D eigenvalue weighted by molar-refractivity contribution is 5.92. The lowest BCUT2D eigenvalue weighted by atomic mass is 9.84. The van der Waals surface area contributed by atoms with Gasteiger partial charge in [-0.2, -0.15) is 0 Å². The first-order valence-corrected chi connectivity index (χ1v) is 7.75. The number of anilines is 1. The van der Waals surface area contributed by atoms with Crippen LogP contribution in [0.25, 0.3) is 0 Å². The molecule has 2 N–H and O–H groups in total. The Hall–Kier alpha value is -1.35. The topological polar surface area (TPSA) is 41.1 Å². The van der Waals surface area contributed by atoms with Crippen LogP contribution in [0.15, 0.2) is 24.3 Å². The molecule has 0 bridgehead atoms. The van der Waals surface area contributed by atoms with Crippen molar-refractivity contribution < 1.29 is 4.79 Å². The average molecular weight is 274 g/mol. The molecule has 1 aliphatic carbocycles. The highest BCUT2D eigenvalue weighted by atomic mass is 16.1. The molecule has 1 aliphatic rings. The summed E-state index contributed by atoms with van der Waals surface area (Å²) in [6.45, 7) is 4.63. The van der Waals surface area contributed by atoms with Gasteiger partial charge in [-0.15, -0.1) is 0 Å². The van der Waals surface area contributed by atoms with Gasteiger partial charge in [-0.3, -0.25) is 4.79 Å². The summed E-state index contributed by atoms with van der Waals surface area (Å²) in [6.07, 6.45) is 6.65. The Morgan fingerprint density at radius 3 is 2.75 bits per heavy atom. The summed E-state index contributed by atoms with van der Waals surface area (Å²) >= 11 is 0. The third-order valence-electron chi connectivity index (χ3n) is 4.24. The van der Waals surface area contributed by atoms with E-state index in [4.69, 9.17) is 0 Å². The number of benzene rings is 1. The van der Waals surface area contributed by atoms with Crippen LogP contribution in [0, 0.1) is 12.8 Å². The number of hydrogen-bond acceptors (Lipinski definition) is 2. The fourth-order valence-electron chi connectivity index (χ4n) is 2.98. The van der Waals surface area contributed by atoms with E-state index in [9.17, 15) is 4.79 Å². The number of aryl methyl sites for hydroxylation is 1. The monoisotopic (exact) mass is 274 g/mol. The summed E-state index contributed by atoms with van der Waals surface area (Å²) in [6, 6.07) is 8.33. The summed E-state index contributed by atoms with van der Waals surface area (Å²) in [5, 5.41) is 6.31. The number of hydrogen-bond donors (Lipinski definition) is 2. The predicted octanol–water partition coefficient (Wildman–Crippen LogP) is 3.49. The van der Waals surface area contributed by atoms with Crippen molar-refractivity contribution in [3.63, 3.8) is 0 Å². The molecule has 110 valence electrons. The van der Waals surface area contributed by atoms with Crippen molar-refractivity contribution in [3.8, 4) is 0 Å². The molecule has 2 rings (SSSR count). The SMILES string of the molecule is Cc1cccc(NC(=O)CN[C@H](C)C2CCCCC2)c1. The molecular weight excluding hydrogens is 248 g/mol. The Bertz CT molecular complexity index is 438. The van der Waals surface area contributed by atoms with E-state index in [1.165, 1.54) is 32.1 Å². The van der Waals surface area contributed by atoms with E-state index in [1.807, 2.05) is 31.2 Å². The highest BCUT2D eigenvalue weighted by Crippen LogP contribution is 2.26. The predicted molar refractivity (Wildman–Crippen MR) is 83.8 cm³/mol. The quantitative estimate of drug-likeness (QED) is 0.863. The number of amides is 1. The maximum atomic E-state index is 11.9. The molecule has 0 heterocycles. The Balaban J connectivity index is 1.74. The van der Waals surface area contributed by atoms with Crippen molar-refractivity contribution in [1.82, 2.24) is 5.32 Å². The minimum atomic E-state index is 0.0401. The summed E-state index contributed by atoms with van der Waals surface area (Å²) in [5.41, 5.74) is 2.04. The van der Waals surface area contributed by atoms with E-state index >= 15 is 0 Å². The lowest BCUT2D eigenvalue weighted by Gasteiger charge is -2.28. The first-order chi connectivity index (χ1) is 9.65. The molecule has 0 aliphatic heterocycles. The van der Waals surface area contributed by atoms with Crippen molar-refractivity contribution in [2.75, 3.05) is 11.9 Å². The van der Waals surface area contributed by atoms with E-state index in [-0.39, 0.29) is 5.91 Å². The molecule has 1 aromatic carbocycles. The van der Waals surface area contributed by atoms with E-state index in [2.05, 4.69) is 17.6 Å². The molecule has 1 fully saturated rings. The lowest BCUT2D eigenvalue weighted by molar-refractivity contribution is -0.115. The largest absolute Gasteiger partial charge is 0.325 e. The van der Waals surface area contributed by atoms with E-state index in [0.29, 0.717) is 12.6 Å². The second kappa shape index (κ2) is 7.44. The molecule has 0 aromatic heterocycles. The van der Waals surface area contributed by atoms with Crippen molar-refractivity contribution >= 4 is 11.6 Å². The number of rotatable bonds is 5. The van der Waals surface area contributed by atoms with Gasteiger partial charge >= 0.3 is 0 Å². The van der Waals surface area contributed by atoms with Gasteiger partial charge in [0, 0.05) is 11.7 Å². The van der Waals surface area contributed by atoms with Gasteiger partial charge < -0.3 is 10.6 Å². The van der Waals surface area contributed by atoms with Crippen LogP contribution >= 0.6 is 0 Å². The molecule has 1 amide bonds. The third-order valence-corrected chi connectivity index (χ3v) is 4.24. The average Bonchev–Trinajstić information content (AvgIpc) is 2.46. The van der Waals surface area contributed by atoms with Gasteiger partial charge in [-0.1, -0.05) is 31.4 Å². The van der Waals surface area contributed by atoms with E-state index < -0.39 is 0 Å². The summed E-state index contributed by atoms with van der Waals surface area (Å²) in [5.74, 6) is 0.772. The second-order valence-corrected chi connectivity index (χ2v) is 5.99. The van der Waals surface area contributed by atoms with Gasteiger partial charge in [-0.05, 0) is 50.3 Å². The van der Waals surface area contributed by atoms with Crippen LogP contribution in [-0.2, 0) is 4.79 Å². The van der Waals surface area contributed by atoms with Gasteiger partial charge in [0.25, 0.3) is 0 Å². The molecule has 20 heavy (non-hydrogen) atoms. The summed E-state index contributed by atoms with van der Waals surface area (Å²) < 4.78 is 0. The van der Waals surface area contributed by atoms with Crippen LogP contribution in [0.5, 0.6) is 0 Å². The summed E-state index contributed by atoms with van der Waals surface area (Å²) in [7, 11) is 0. The zero-order valence-electron chi connectivity index (χ0n) is 12.6. The van der Waals surface area contributed by atoms with E-state index in [0.717, 1.165) is 17.2 Å². The molecule has 0 saturated heterocycles. The molecule has 1 saturated carbocycles. The van der Waals surface area contributed by atoms with Crippen LogP contribution in [0.1, 0.15) is 44.6 Å². The van der Waals surface area contributed by atoms with Crippen molar-refractivity contribution in [2.45, 2.75) is 52.0 Å². The number of carbonyl (C=O) groups is 1. The minimum Gasteiger partial charge on any atom is -0.325 e. The zero-order valence-corrected chi connectivity index (χ0v) is 12.6. The molecule has 0 radical (unpaired) electrons.